The molecule has 41 heavy (non-hydrogen) atoms. The molecule has 2 amide bonds. The zero-order chi connectivity index (χ0) is 28.4. The number of hydrogen-bond donors (Lipinski definition) is 1. The number of piperidine rings is 1. The SMILES string of the molecule is O=C(NC[C@H]1CCCO1)[C@@H](c1ccc(F)cc1)N(CCCN1CCOCC1)C(=O)c1ccc(CN2CCCCC2)o1. The molecule has 10 heteroatoms. The predicted molar refractivity (Wildman–Crippen MR) is 152 cm³/mol. The lowest BCUT2D eigenvalue weighted by Gasteiger charge is -2.32. The summed E-state index contributed by atoms with van der Waals surface area (Å²) in [5.41, 5.74) is 0.552. The van der Waals surface area contributed by atoms with Crippen molar-refractivity contribution in [3.8, 4) is 0 Å². The Bertz CT molecular complexity index is 1110. The lowest BCUT2D eigenvalue weighted by Crippen LogP contribution is -2.46. The lowest BCUT2D eigenvalue weighted by atomic mass is 10.0. The average molecular weight is 571 g/mol. The number of hydrogen-bond acceptors (Lipinski definition) is 7. The van der Waals surface area contributed by atoms with Gasteiger partial charge < -0.3 is 24.1 Å². The van der Waals surface area contributed by atoms with Gasteiger partial charge in [0.15, 0.2) is 5.76 Å². The molecule has 224 valence electrons. The maximum absolute atomic E-state index is 14.1. The van der Waals surface area contributed by atoms with E-state index in [0.717, 1.165) is 51.3 Å². The monoisotopic (exact) mass is 570 g/mol. The minimum Gasteiger partial charge on any atom is -0.455 e. The fourth-order valence-electron chi connectivity index (χ4n) is 5.93. The van der Waals surface area contributed by atoms with Crippen LogP contribution in [0, 0.1) is 5.82 Å². The molecule has 0 radical (unpaired) electrons. The van der Waals surface area contributed by atoms with Gasteiger partial charge in [-0.3, -0.25) is 19.4 Å². The first-order valence-electron chi connectivity index (χ1n) is 15.1. The van der Waals surface area contributed by atoms with Crippen LogP contribution in [0.2, 0.25) is 0 Å². The fourth-order valence-corrected chi connectivity index (χ4v) is 5.93. The second-order valence-electron chi connectivity index (χ2n) is 11.2. The predicted octanol–water partition coefficient (Wildman–Crippen LogP) is 3.61. The summed E-state index contributed by atoms with van der Waals surface area (Å²) in [4.78, 5) is 34.1. The van der Waals surface area contributed by atoms with E-state index in [9.17, 15) is 14.0 Å². The molecular weight excluding hydrogens is 527 g/mol. The van der Waals surface area contributed by atoms with E-state index in [1.807, 2.05) is 6.07 Å². The molecule has 9 nitrogen and oxygen atoms in total. The van der Waals surface area contributed by atoms with E-state index in [0.29, 0.717) is 51.4 Å². The molecule has 0 saturated carbocycles. The molecule has 0 unspecified atom stereocenters. The number of morpholine rings is 1. The van der Waals surface area contributed by atoms with Crippen molar-refractivity contribution in [2.75, 3.05) is 65.6 Å². The fraction of sp³-hybridized carbons (Fsp3) is 0.613. The Kier molecular flexibility index (Phi) is 10.8. The summed E-state index contributed by atoms with van der Waals surface area (Å²) in [5.74, 6) is -0.108. The summed E-state index contributed by atoms with van der Waals surface area (Å²) in [7, 11) is 0. The van der Waals surface area contributed by atoms with Crippen LogP contribution < -0.4 is 5.32 Å². The molecule has 0 aliphatic carbocycles. The van der Waals surface area contributed by atoms with E-state index >= 15 is 0 Å². The number of halogens is 1. The topological polar surface area (TPSA) is 87.5 Å². The second kappa shape index (κ2) is 14.9. The smallest absolute Gasteiger partial charge is 0.290 e. The first kappa shape index (κ1) is 29.7. The van der Waals surface area contributed by atoms with Crippen molar-refractivity contribution >= 4 is 11.8 Å². The summed E-state index contributed by atoms with van der Waals surface area (Å²) < 4.78 is 31.1. The third kappa shape index (κ3) is 8.38. The zero-order valence-corrected chi connectivity index (χ0v) is 23.9. The molecule has 2 aromatic rings. The van der Waals surface area contributed by atoms with Gasteiger partial charge in [-0.05, 0) is 75.0 Å². The second-order valence-corrected chi connectivity index (χ2v) is 11.2. The minimum absolute atomic E-state index is 0.0410. The Morgan fingerprint density at radius 3 is 2.46 bits per heavy atom. The summed E-state index contributed by atoms with van der Waals surface area (Å²) in [6, 6.07) is 8.45. The number of nitrogens with one attached hydrogen (secondary N) is 1. The van der Waals surface area contributed by atoms with E-state index in [2.05, 4.69) is 15.1 Å². The Morgan fingerprint density at radius 2 is 1.73 bits per heavy atom. The number of amides is 2. The first-order chi connectivity index (χ1) is 20.1. The first-order valence-corrected chi connectivity index (χ1v) is 15.1. The molecule has 4 heterocycles. The molecule has 3 aliphatic rings. The summed E-state index contributed by atoms with van der Waals surface area (Å²) in [6.07, 6.45) is 6.07. The molecule has 5 rings (SSSR count). The number of rotatable bonds is 12. The number of ether oxygens (including phenoxy) is 2. The van der Waals surface area contributed by atoms with Crippen molar-refractivity contribution < 1.29 is 27.9 Å². The van der Waals surface area contributed by atoms with Crippen LogP contribution in [0.5, 0.6) is 0 Å². The van der Waals surface area contributed by atoms with Crippen molar-refractivity contribution in [1.29, 1.82) is 0 Å². The average Bonchev–Trinajstić information content (AvgIpc) is 3.70. The zero-order valence-electron chi connectivity index (χ0n) is 23.9. The minimum atomic E-state index is -0.940. The third-order valence-corrected chi connectivity index (χ3v) is 8.21. The molecule has 3 aliphatic heterocycles. The van der Waals surface area contributed by atoms with Gasteiger partial charge >= 0.3 is 0 Å². The van der Waals surface area contributed by atoms with Crippen LogP contribution in [-0.2, 0) is 20.8 Å². The molecule has 0 bridgehead atoms. The summed E-state index contributed by atoms with van der Waals surface area (Å²) in [5, 5.41) is 3.01. The molecule has 1 aromatic heterocycles. The van der Waals surface area contributed by atoms with Crippen molar-refractivity contribution in [3.63, 3.8) is 0 Å². The quantitative estimate of drug-likeness (QED) is 0.417. The third-order valence-electron chi connectivity index (χ3n) is 8.21. The summed E-state index contributed by atoms with van der Waals surface area (Å²) >= 11 is 0. The van der Waals surface area contributed by atoms with Gasteiger partial charge in [0.1, 0.15) is 17.6 Å². The van der Waals surface area contributed by atoms with E-state index in [1.165, 1.54) is 31.4 Å². The van der Waals surface area contributed by atoms with Gasteiger partial charge in [-0.2, -0.15) is 0 Å². The number of furan rings is 1. The van der Waals surface area contributed by atoms with Crippen LogP contribution in [0.3, 0.4) is 0 Å². The van der Waals surface area contributed by atoms with Gasteiger partial charge in [0, 0.05) is 39.3 Å². The van der Waals surface area contributed by atoms with Crippen LogP contribution in [0.4, 0.5) is 4.39 Å². The van der Waals surface area contributed by atoms with Crippen molar-refractivity contribution in [2.24, 2.45) is 0 Å². The van der Waals surface area contributed by atoms with Gasteiger partial charge in [0.2, 0.25) is 5.91 Å². The molecule has 2 atom stereocenters. The maximum Gasteiger partial charge on any atom is 0.290 e. The van der Waals surface area contributed by atoms with Gasteiger partial charge in [0.05, 0.1) is 25.9 Å². The van der Waals surface area contributed by atoms with Gasteiger partial charge in [0.25, 0.3) is 5.91 Å². The van der Waals surface area contributed by atoms with E-state index in [4.69, 9.17) is 13.9 Å². The van der Waals surface area contributed by atoms with Gasteiger partial charge in [-0.1, -0.05) is 18.6 Å². The Labute approximate surface area is 241 Å². The van der Waals surface area contributed by atoms with Crippen LogP contribution in [-0.4, -0.2) is 98.3 Å². The van der Waals surface area contributed by atoms with Gasteiger partial charge in [-0.15, -0.1) is 0 Å². The molecule has 1 aromatic carbocycles. The highest BCUT2D eigenvalue weighted by Gasteiger charge is 2.34. The largest absolute Gasteiger partial charge is 0.455 e. The highest BCUT2D eigenvalue weighted by molar-refractivity contribution is 5.96. The molecule has 3 saturated heterocycles. The van der Waals surface area contributed by atoms with Gasteiger partial charge in [-0.25, -0.2) is 4.39 Å². The Balaban J connectivity index is 1.36. The Hall–Kier alpha value is -2.79. The molecule has 1 N–H and O–H groups in total. The van der Waals surface area contributed by atoms with E-state index in [-0.39, 0.29) is 23.7 Å². The molecule has 3 fully saturated rings. The number of carbonyl (C=O) groups is 2. The van der Waals surface area contributed by atoms with Crippen LogP contribution in [0.1, 0.15) is 66.4 Å². The maximum atomic E-state index is 14.1. The molecular formula is C31H43FN4O5. The Morgan fingerprint density at radius 1 is 0.951 bits per heavy atom. The number of nitrogens with zero attached hydrogens (tertiary/aromatic N) is 3. The lowest BCUT2D eigenvalue weighted by molar-refractivity contribution is -0.126. The van der Waals surface area contributed by atoms with Crippen molar-refractivity contribution in [3.05, 3.63) is 59.3 Å². The number of likely N-dealkylation sites (tertiary alicyclic amines) is 1. The summed E-state index contributed by atoms with van der Waals surface area (Å²) in [6.45, 7) is 7.95. The highest BCUT2D eigenvalue weighted by atomic mass is 19.1. The number of benzene rings is 1. The van der Waals surface area contributed by atoms with E-state index < -0.39 is 11.9 Å². The van der Waals surface area contributed by atoms with Crippen LogP contribution in [0.25, 0.3) is 0 Å². The van der Waals surface area contributed by atoms with Crippen LogP contribution >= 0.6 is 0 Å². The van der Waals surface area contributed by atoms with Crippen molar-refractivity contribution in [2.45, 2.75) is 57.2 Å². The van der Waals surface area contributed by atoms with Crippen molar-refractivity contribution in [1.82, 2.24) is 20.0 Å². The standard InChI is InChI=1S/C31H43FN4O5/c32-25-9-7-24(8-10-25)29(30(37)33-22-26-6-4-19-40-26)36(16-5-15-34-17-20-39-21-18-34)31(38)28-12-11-27(41-28)23-35-13-2-1-3-14-35/h7-12,26,29H,1-6,13-23H2,(H,33,37)/t26-,29-/m1/s1. The highest BCUT2D eigenvalue weighted by Crippen LogP contribution is 2.26. The number of carbonyl (C=O) groups excluding carboxylic acids is 2. The molecule has 0 spiro atoms. The normalized spacial score (nSPS) is 21.0. The van der Waals surface area contributed by atoms with Crippen LogP contribution in [0.15, 0.2) is 40.8 Å². The van der Waals surface area contributed by atoms with E-state index in [1.54, 1.807) is 23.1 Å².